The van der Waals surface area contributed by atoms with Crippen LogP contribution in [0.15, 0.2) is 24.5 Å². The molecule has 0 amide bonds. The van der Waals surface area contributed by atoms with Gasteiger partial charge in [0.2, 0.25) is 0 Å². The molecule has 0 aliphatic heterocycles. The van der Waals surface area contributed by atoms with Gasteiger partial charge < -0.3 is 9.84 Å². The van der Waals surface area contributed by atoms with Crippen molar-refractivity contribution >= 4 is 0 Å². The molecular formula is C10H11F4NO2. The summed E-state index contributed by atoms with van der Waals surface area (Å²) in [5.41, 5.74) is 0.368. The van der Waals surface area contributed by atoms with Gasteiger partial charge in [-0.15, -0.1) is 0 Å². The van der Waals surface area contributed by atoms with E-state index < -0.39 is 31.7 Å². The molecule has 0 saturated heterocycles. The second kappa shape index (κ2) is 5.92. The molecule has 3 nitrogen and oxygen atoms in total. The number of aliphatic hydroxyl groups excluding tert-OH is 1. The van der Waals surface area contributed by atoms with Crippen molar-refractivity contribution in [3.63, 3.8) is 0 Å². The Morgan fingerprint density at radius 1 is 1.41 bits per heavy atom. The van der Waals surface area contributed by atoms with Crippen molar-refractivity contribution in [2.75, 3.05) is 13.2 Å². The third-order valence-electron chi connectivity index (χ3n) is 1.96. The lowest BCUT2D eigenvalue weighted by Gasteiger charge is -2.17. The molecule has 0 fully saturated rings. The minimum atomic E-state index is -4.20. The van der Waals surface area contributed by atoms with E-state index in [1.54, 1.807) is 6.07 Å². The molecule has 0 aliphatic carbocycles. The Balaban J connectivity index is 2.37. The van der Waals surface area contributed by atoms with Crippen LogP contribution >= 0.6 is 0 Å². The lowest BCUT2D eigenvalue weighted by atomic mass is 10.2. The van der Waals surface area contributed by atoms with Gasteiger partial charge in [0.05, 0.1) is 6.61 Å². The van der Waals surface area contributed by atoms with Gasteiger partial charge in [0.1, 0.15) is 12.7 Å². The molecule has 1 rings (SSSR count). The third kappa shape index (κ3) is 4.27. The molecule has 0 bridgehead atoms. The number of halogens is 4. The van der Waals surface area contributed by atoms with Gasteiger partial charge in [-0.1, -0.05) is 6.07 Å². The van der Waals surface area contributed by atoms with Crippen molar-refractivity contribution in [1.29, 1.82) is 0 Å². The molecule has 17 heavy (non-hydrogen) atoms. The zero-order chi connectivity index (χ0) is 12.9. The molecule has 1 heterocycles. The van der Waals surface area contributed by atoms with Crippen molar-refractivity contribution in [3.05, 3.63) is 30.1 Å². The standard InChI is InChI=1S/C10H11F4NO2/c11-9(12)10(13,14)6-17-5-8(16)7-2-1-3-15-4-7/h1-4,8-9,16H,5-6H2. The molecule has 1 N–H and O–H groups in total. The minimum Gasteiger partial charge on any atom is -0.386 e. The summed E-state index contributed by atoms with van der Waals surface area (Å²) >= 11 is 0. The first-order valence-corrected chi connectivity index (χ1v) is 4.75. The van der Waals surface area contributed by atoms with Gasteiger partial charge >= 0.3 is 12.3 Å². The van der Waals surface area contributed by atoms with Crippen LogP contribution in [0.3, 0.4) is 0 Å². The van der Waals surface area contributed by atoms with Crippen molar-refractivity contribution < 1.29 is 27.4 Å². The topological polar surface area (TPSA) is 42.4 Å². The molecule has 1 aromatic heterocycles. The van der Waals surface area contributed by atoms with Crippen LogP contribution in [0.2, 0.25) is 0 Å². The molecule has 1 atom stereocenters. The number of rotatable bonds is 6. The fraction of sp³-hybridized carbons (Fsp3) is 0.500. The van der Waals surface area contributed by atoms with E-state index in [-0.39, 0.29) is 0 Å². The van der Waals surface area contributed by atoms with Gasteiger partial charge in [-0.3, -0.25) is 4.98 Å². The van der Waals surface area contributed by atoms with Crippen molar-refractivity contribution in [3.8, 4) is 0 Å². The van der Waals surface area contributed by atoms with Gasteiger partial charge in [-0.2, -0.15) is 8.78 Å². The molecule has 7 heteroatoms. The predicted molar refractivity (Wildman–Crippen MR) is 51.0 cm³/mol. The third-order valence-corrected chi connectivity index (χ3v) is 1.96. The van der Waals surface area contributed by atoms with Gasteiger partial charge in [0.15, 0.2) is 0 Å². The van der Waals surface area contributed by atoms with E-state index in [9.17, 15) is 22.7 Å². The maximum Gasteiger partial charge on any atom is 0.330 e. The van der Waals surface area contributed by atoms with Crippen molar-refractivity contribution in [2.45, 2.75) is 18.5 Å². The second-order valence-corrected chi connectivity index (χ2v) is 3.38. The van der Waals surface area contributed by atoms with E-state index in [1.165, 1.54) is 18.5 Å². The highest BCUT2D eigenvalue weighted by atomic mass is 19.3. The average Bonchev–Trinajstić information content (AvgIpc) is 2.29. The number of pyridine rings is 1. The summed E-state index contributed by atoms with van der Waals surface area (Å²) < 4.78 is 52.7. The summed E-state index contributed by atoms with van der Waals surface area (Å²) in [5.74, 6) is -4.20. The first-order chi connectivity index (χ1) is 7.93. The van der Waals surface area contributed by atoms with Crippen LogP contribution in [-0.4, -0.2) is 35.7 Å². The van der Waals surface area contributed by atoms with E-state index in [4.69, 9.17) is 0 Å². The van der Waals surface area contributed by atoms with E-state index in [0.717, 1.165) is 0 Å². The minimum absolute atomic E-state index is 0.368. The monoisotopic (exact) mass is 253 g/mol. The van der Waals surface area contributed by atoms with Gasteiger partial charge in [0, 0.05) is 18.0 Å². The molecular weight excluding hydrogens is 242 g/mol. The maximum absolute atomic E-state index is 12.4. The molecule has 0 spiro atoms. The Kier molecular flexibility index (Phi) is 4.83. The second-order valence-electron chi connectivity index (χ2n) is 3.38. The van der Waals surface area contributed by atoms with E-state index in [0.29, 0.717) is 5.56 Å². The highest BCUT2D eigenvalue weighted by molar-refractivity contribution is 5.11. The van der Waals surface area contributed by atoms with Crippen LogP contribution < -0.4 is 0 Å². The van der Waals surface area contributed by atoms with Crippen LogP contribution in [0.1, 0.15) is 11.7 Å². The van der Waals surface area contributed by atoms with E-state index in [2.05, 4.69) is 9.72 Å². The largest absolute Gasteiger partial charge is 0.386 e. The fourth-order valence-electron chi connectivity index (χ4n) is 1.04. The van der Waals surface area contributed by atoms with Gasteiger partial charge in [-0.25, -0.2) is 8.78 Å². The van der Waals surface area contributed by atoms with Crippen LogP contribution in [0.25, 0.3) is 0 Å². The first-order valence-electron chi connectivity index (χ1n) is 4.75. The Labute approximate surface area is 95.0 Å². The first kappa shape index (κ1) is 13.9. The zero-order valence-electron chi connectivity index (χ0n) is 8.69. The maximum atomic E-state index is 12.4. The SMILES string of the molecule is OC(COCC(F)(F)C(F)F)c1cccnc1. The summed E-state index contributed by atoms with van der Waals surface area (Å²) in [4.78, 5) is 3.71. The molecule has 0 saturated carbocycles. The number of aromatic nitrogens is 1. The van der Waals surface area contributed by atoms with Crippen LogP contribution in [0, 0.1) is 0 Å². The number of hydrogen-bond acceptors (Lipinski definition) is 3. The molecule has 0 aromatic carbocycles. The molecule has 1 aromatic rings. The summed E-state index contributed by atoms with van der Waals surface area (Å²) in [7, 11) is 0. The summed E-state index contributed by atoms with van der Waals surface area (Å²) in [5, 5.41) is 9.46. The van der Waals surface area contributed by atoms with Gasteiger partial charge in [-0.05, 0) is 6.07 Å². The lowest BCUT2D eigenvalue weighted by Crippen LogP contribution is -2.33. The van der Waals surface area contributed by atoms with Crippen molar-refractivity contribution in [1.82, 2.24) is 4.98 Å². The Morgan fingerprint density at radius 3 is 2.65 bits per heavy atom. The number of nitrogens with zero attached hydrogens (tertiary/aromatic N) is 1. The molecule has 1 unspecified atom stereocenters. The number of alkyl halides is 4. The zero-order valence-corrected chi connectivity index (χ0v) is 8.69. The molecule has 0 aliphatic rings. The van der Waals surface area contributed by atoms with Crippen LogP contribution in [0.4, 0.5) is 17.6 Å². The predicted octanol–water partition coefficient (Wildman–Crippen LogP) is 2.03. The highest BCUT2D eigenvalue weighted by Crippen LogP contribution is 2.23. The number of hydrogen-bond donors (Lipinski definition) is 1. The number of ether oxygens (including phenoxy) is 1. The van der Waals surface area contributed by atoms with Crippen LogP contribution in [0.5, 0.6) is 0 Å². The smallest absolute Gasteiger partial charge is 0.330 e. The summed E-state index contributed by atoms with van der Waals surface area (Å²) in [6.45, 7) is -1.92. The number of aliphatic hydroxyl groups is 1. The van der Waals surface area contributed by atoms with E-state index >= 15 is 0 Å². The Bertz CT molecular complexity index is 334. The van der Waals surface area contributed by atoms with E-state index in [1.807, 2.05) is 0 Å². The van der Waals surface area contributed by atoms with Crippen molar-refractivity contribution in [2.24, 2.45) is 0 Å². The molecule has 0 radical (unpaired) electrons. The normalized spacial score (nSPS) is 14.0. The Morgan fingerprint density at radius 2 is 2.12 bits per heavy atom. The quantitative estimate of drug-likeness (QED) is 0.789. The molecule has 96 valence electrons. The average molecular weight is 253 g/mol. The van der Waals surface area contributed by atoms with Crippen LogP contribution in [-0.2, 0) is 4.74 Å². The highest BCUT2D eigenvalue weighted by Gasteiger charge is 2.41. The fourth-order valence-corrected chi connectivity index (χ4v) is 1.04. The summed E-state index contributed by atoms with van der Waals surface area (Å²) in [6, 6.07) is 3.07. The Hall–Kier alpha value is -1.21. The van der Waals surface area contributed by atoms with Gasteiger partial charge in [0.25, 0.3) is 0 Å². The summed E-state index contributed by atoms with van der Waals surface area (Å²) in [6.07, 6.45) is -2.14. The lowest BCUT2D eigenvalue weighted by molar-refractivity contribution is -0.170.